The highest BCUT2D eigenvalue weighted by molar-refractivity contribution is 9.10. The summed E-state index contributed by atoms with van der Waals surface area (Å²) in [5.74, 6) is 1.82. The number of hydrogen-bond donors (Lipinski definition) is 1. The Balaban J connectivity index is 1.94. The van der Waals surface area contributed by atoms with Crippen molar-refractivity contribution in [1.82, 2.24) is 19.8 Å². The van der Waals surface area contributed by atoms with E-state index in [-0.39, 0.29) is 0 Å². The van der Waals surface area contributed by atoms with Gasteiger partial charge in [-0.1, -0.05) is 0 Å². The number of halogens is 1. The van der Waals surface area contributed by atoms with Crippen molar-refractivity contribution in [2.45, 2.75) is 0 Å². The Bertz CT molecular complexity index is 431. The SMILES string of the molecule is CNc1ncnc(N2CCN(CCN(C)C)CC2)c1Br. The van der Waals surface area contributed by atoms with Crippen LogP contribution in [0, 0.1) is 0 Å². The molecule has 6 nitrogen and oxygen atoms in total. The third kappa shape index (κ3) is 3.80. The van der Waals surface area contributed by atoms with Gasteiger partial charge in [-0.05, 0) is 30.0 Å². The van der Waals surface area contributed by atoms with E-state index in [0.29, 0.717) is 0 Å². The molecule has 0 atom stereocenters. The molecule has 0 bridgehead atoms. The van der Waals surface area contributed by atoms with Gasteiger partial charge in [0, 0.05) is 46.3 Å². The standard InChI is InChI=1S/C13H23BrN6/c1-15-12-11(14)13(17-10-16-12)20-8-6-19(7-9-20)5-4-18(2)3/h10H,4-9H2,1-3H3,(H,15,16,17). The van der Waals surface area contributed by atoms with E-state index in [4.69, 9.17) is 0 Å². The van der Waals surface area contributed by atoms with Crippen molar-refractivity contribution in [3.05, 3.63) is 10.8 Å². The largest absolute Gasteiger partial charge is 0.372 e. The second-order valence-corrected chi connectivity index (χ2v) is 6.03. The van der Waals surface area contributed by atoms with Crippen molar-refractivity contribution in [2.75, 3.05) is 70.6 Å². The zero-order chi connectivity index (χ0) is 14.5. The van der Waals surface area contributed by atoms with Crippen LogP contribution in [0.2, 0.25) is 0 Å². The number of nitrogens with one attached hydrogen (secondary N) is 1. The number of piperazine rings is 1. The summed E-state index contributed by atoms with van der Waals surface area (Å²) < 4.78 is 0.948. The molecule has 1 aromatic rings. The molecule has 0 radical (unpaired) electrons. The molecule has 0 saturated carbocycles. The van der Waals surface area contributed by atoms with Gasteiger partial charge in [0.2, 0.25) is 0 Å². The van der Waals surface area contributed by atoms with Crippen LogP contribution in [-0.2, 0) is 0 Å². The molecule has 0 aromatic carbocycles. The van der Waals surface area contributed by atoms with Crippen molar-refractivity contribution < 1.29 is 0 Å². The maximum atomic E-state index is 4.41. The molecule has 1 saturated heterocycles. The first-order chi connectivity index (χ1) is 9.61. The molecule has 7 heteroatoms. The second-order valence-electron chi connectivity index (χ2n) is 5.24. The van der Waals surface area contributed by atoms with Crippen molar-refractivity contribution in [1.29, 1.82) is 0 Å². The van der Waals surface area contributed by atoms with E-state index in [0.717, 1.165) is 55.4 Å². The van der Waals surface area contributed by atoms with E-state index in [1.54, 1.807) is 6.33 Å². The molecular weight excluding hydrogens is 320 g/mol. The Hall–Kier alpha value is -0.920. The van der Waals surface area contributed by atoms with Gasteiger partial charge in [0.1, 0.15) is 22.4 Å². The molecule has 1 N–H and O–H groups in total. The van der Waals surface area contributed by atoms with Gasteiger partial charge >= 0.3 is 0 Å². The average molecular weight is 343 g/mol. The quantitative estimate of drug-likeness (QED) is 0.860. The summed E-state index contributed by atoms with van der Waals surface area (Å²) in [4.78, 5) is 15.7. The fourth-order valence-corrected chi connectivity index (χ4v) is 2.93. The summed E-state index contributed by atoms with van der Waals surface area (Å²) in [5.41, 5.74) is 0. The third-order valence-corrected chi connectivity index (χ3v) is 4.27. The Morgan fingerprint density at radius 3 is 2.55 bits per heavy atom. The summed E-state index contributed by atoms with van der Waals surface area (Å²) in [7, 11) is 6.11. The number of anilines is 2. The molecule has 0 aliphatic carbocycles. The molecule has 112 valence electrons. The van der Waals surface area contributed by atoms with Crippen LogP contribution in [0.1, 0.15) is 0 Å². The summed E-state index contributed by atoms with van der Waals surface area (Å²) >= 11 is 3.59. The van der Waals surface area contributed by atoms with Gasteiger partial charge in [-0.2, -0.15) is 0 Å². The lowest BCUT2D eigenvalue weighted by atomic mass is 10.3. The van der Waals surface area contributed by atoms with E-state index >= 15 is 0 Å². The van der Waals surface area contributed by atoms with Gasteiger partial charge in [-0.15, -0.1) is 0 Å². The first-order valence-corrected chi connectivity index (χ1v) is 7.71. The first kappa shape index (κ1) is 15.5. The van der Waals surface area contributed by atoms with Crippen LogP contribution in [0.15, 0.2) is 10.8 Å². The Morgan fingerprint density at radius 1 is 1.25 bits per heavy atom. The number of hydrogen-bond acceptors (Lipinski definition) is 6. The average Bonchev–Trinajstić information content (AvgIpc) is 2.46. The smallest absolute Gasteiger partial charge is 0.148 e. The fraction of sp³-hybridized carbons (Fsp3) is 0.692. The van der Waals surface area contributed by atoms with Crippen LogP contribution in [0.5, 0.6) is 0 Å². The topological polar surface area (TPSA) is 47.5 Å². The van der Waals surface area contributed by atoms with Crippen LogP contribution in [0.25, 0.3) is 0 Å². The number of aromatic nitrogens is 2. The molecule has 0 unspecified atom stereocenters. The molecule has 0 spiro atoms. The van der Waals surface area contributed by atoms with E-state index in [2.05, 4.69) is 60.0 Å². The Labute approximate surface area is 129 Å². The minimum Gasteiger partial charge on any atom is -0.372 e. The minimum absolute atomic E-state index is 0.838. The summed E-state index contributed by atoms with van der Waals surface area (Å²) in [6, 6.07) is 0. The predicted octanol–water partition coefficient (Wildman–Crippen LogP) is 0.964. The first-order valence-electron chi connectivity index (χ1n) is 6.92. The maximum Gasteiger partial charge on any atom is 0.148 e. The van der Waals surface area contributed by atoms with Crippen LogP contribution in [-0.4, -0.2) is 80.2 Å². The fourth-order valence-electron chi connectivity index (χ4n) is 2.28. The van der Waals surface area contributed by atoms with E-state index in [1.165, 1.54) is 0 Å². The van der Waals surface area contributed by atoms with Crippen LogP contribution >= 0.6 is 15.9 Å². The highest BCUT2D eigenvalue weighted by Gasteiger charge is 2.20. The van der Waals surface area contributed by atoms with Crippen LogP contribution in [0.4, 0.5) is 11.6 Å². The molecule has 20 heavy (non-hydrogen) atoms. The number of nitrogens with zero attached hydrogens (tertiary/aromatic N) is 5. The zero-order valence-corrected chi connectivity index (χ0v) is 14.0. The summed E-state index contributed by atoms with van der Waals surface area (Å²) in [5, 5.41) is 3.08. The molecule has 0 amide bonds. The van der Waals surface area contributed by atoms with E-state index < -0.39 is 0 Å². The van der Waals surface area contributed by atoms with Gasteiger partial charge in [-0.3, -0.25) is 4.90 Å². The van der Waals surface area contributed by atoms with Crippen molar-refractivity contribution in [3.8, 4) is 0 Å². The van der Waals surface area contributed by atoms with Crippen molar-refractivity contribution in [2.24, 2.45) is 0 Å². The second kappa shape index (κ2) is 7.19. The Morgan fingerprint density at radius 2 is 1.95 bits per heavy atom. The van der Waals surface area contributed by atoms with Gasteiger partial charge in [-0.25, -0.2) is 9.97 Å². The molecule has 2 rings (SSSR count). The predicted molar refractivity (Wildman–Crippen MR) is 86.5 cm³/mol. The summed E-state index contributed by atoms with van der Waals surface area (Å²) in [6.07, 6.45) is 1.62. The Kier molecular flexibility index (Phi) is 5.56. The van der Waals surface area contributed by atoms with Gasteiger partial charge in [0.25, 0.3) is 0 Å². The lowest BCUT2D eigenvalue weighted by Crippen LogP contribution is -2.48. The monoisotopic (exact) mass is 342 g/mol. The molecule has 2 heterocycles. The maximum absolute atomic E-state index is 4.41. The lowest BCUT2D eigenvalue weighted by Gasteiger charge is -2.36. The van der Waals surface area contributed by atoms with E-state index in [1.807, 2.05) is 7.05 Å². The normalized spacial score (nSPS) is 16.8. The van der Waals surface area contributed by atoms with Crippen LogP contribution in [0.3, 0.4) is 0 Å². The lowest BCUT2D eigenvalue weighted by molar-refractivity contribution is 0.229. The molecule has 1 fully saturated rings. The third-order valence-electron chi connectivity index (χ3n) is 3.54. The van der Waals surface area contributed by atoms with Gasteiger partial charge in [0.05, 0.1) is 0 Å². The molecule has 1 aromatic heterocycles. The number of rotatable bonds is 5. The highest BCUT2D eigenvalue weighted by atomic mass is 79.9. The molecule has 1 aliphatic heterocycles. The van der Waals surface area contributed by atoms with Gasteiger partial charge < -0.3 is 15.1 Å². The molecular formula is C13H23BrN6. The minimum atomic E-state index is 0.838. The van der Waals surface area contributed by atoms with Crippen molar-refractivity contribution in [3.63, 3.8) is 0 Å². The zero-order valence-electron chi connectivity index (χ0n) is 12.4. The highest BCUT2D eigenvalue weighted by Crippen LogP contribution is 2.29. The molecule has 1 aliphatic rings. The van der Waals surface area contributed by atoms with Crippen LogP contribution < -0.4 is 10.2 Å². The van der Waals surface area contributed by atoms with Gasteiger partial charge in [0.15, 0.2) is 0 Å². The summed E-state index contributed by atoms with van der Waals surface area (Å²) in [6.45, 7) is 6.42. The number of likely N-dealkylation sites (N-methyl/N-ethyl adjacent to an activating group) is 1. The van der Waals surface area contributed by atoms with Crippen molar-refractivity contribution >= 4 is 27.6 Å². The van der Waals surface area contributed by atoms with E-state index in [9.17, 15) is 0 Å².